The molecule has 3 nitrogen and oxygen atoms in total. The molecule has 1 heterocycles. The van der Waals surface area contributed by atoms with Crippen LogP contribution in [0.4, 0.5) is 5.69 Å². The van der Waals surface area contributed by atoms with Crippen LogP contribution in [0.3, 0.4) is 0 Å². The van der Waals surface area contributed by atoms with E-state index >= 15 is 0 Å². The Morgan fingerprint density at radius 1 is 1.11 bits per heavy atom. The second-order valence-corrected chi connectivity index (χ2v) is 4.97. The van der Waals surface area contributed by atoms with Crippen molar-refractivity contribution in [3.05, 3.63) is 28.8 Å². The number of fused-ring (bicyclic) bond motifs is 1. The summed E-state index contributed by atoms with van der Waals surface area (Å²) in [5.41, 5.74) is 3.40. The molecule has 96 valence electrons. The van der Waals surface area contributed by atoms with Crippen molar-refractivity contribution in [3.8, 4) is 0 Å². The van der Waals surface area contributed by atoms with Crippen LogP contribution in [0.15, 0.2) is 12.1 Å². The van der Waals surface area contributed by atoms with E-state index in [4.69, 9.17) is 0 Å². The molecule has 0 bridgehead atoms. The van der Waals surface area contributed by atoms with Gasteiger partial charge in [-0.05, 0) is 37.5 Å². The number of nitrogens with zero attached hydrogens (tertiary/aromatic N) is 1. The number of hydrogen-bond donors (Lipinski definition) is 0. The molecule has 1 aliphatic rings. The van der Waals surface area contributed by atoms with E-state index in [0.717, 1.165) is 36.1 Å². The molecule has 1 amide bonds. The van der Waals surface area contributed by atoms with Gasteiger partial charge in [0.2, 0.25) is 0 Å². The smallest absolute Gasteiger partial charge is 0.299 e. The van der Waals surface area contributed by atoms with Crippen LogP contribution < -0.4 is 4.90 Å². The Balaban J connectivity index is 2.35. The van der Waals surface area contributed by atoms with Crippen molar-refractivity contribution in [2.45, 2.75) is 40.0 Å². The molecule has 3 heteroatoms. The lowest BCUT2D eigenvalue weighted by atomic mass is 10.0. The predicted octanol–water partition coefficient (Wildman–Crippen LogP) is 3.02. The zero-order valence-corrected chi connectivity index (χ0v) is 11.2. The number of benzene rings is 1. The van der Waals surface area contributed by atoms with Crippen molar-refractivity contribution >= 4 is 17.4 Å². The third-order valence-electron chi connectivity index (χ3n) is 3.40. The largest absolute Gasteiger partial charge is 0.305 e. The Morgan fingerprint density at radius 2 is 1.83 bits per heavy atom. The molecule has 0 N–H and O–H groups in total. The normalized spacial score (nSPS) is 14.3. The lowest BCUT2D eigenvalue weighted by Gasteiger charge is -2.17. The van der Waals surface area contributed by atoms with Crippen LogP contribution >= 0.6 is 0 Å². The molecular formula is C15H19NO2. The summed E-state index contributed by atoms with van der Waals surface area (Å²) < 4.78 is 0. The van der Waals surface area contributed by atoms with E-state index in [1.807, 2.05) is 26.0 Å². The van der Waals surface area contributed by atoms with Gasteiger partial charge >= 0.3 is 0 Å². The monoisotopic (exact) mass is 245 g/mol. The Morgan fingerprint density at radius 3 is 2.50 bits per heavy atom. The summed E-state index contributed by atoms with van der Waals surface area (Å²) in [6.07, 6.45) is 3.13. The maximum absolute atomic E-state index is 12.0. The van der Waals surface area contributed by atoms with Crippen molar-refractivity contribution in [3.63, 3.8) is 0 Å². The fourth-order valence-corrected chi connectivity index (χ4v) is 2.53. The van der Waals surface area contributed by atoms with Gasteiger partial charge in [-0.2, -0.15) is 0 Å². The summed E-state index contributed by atoms with van der Waals surface area (Å²) in [7, 11) is 0. The highest BCUT2D eigenvalue weighted by atomic mass is 16.2. The van der Waals surface area contributed by atoms with Crippen molar-refractivity contribution in [2.75, 3.05) is 11.4 Å². The summed E-state index contributed by atoms with van der Waals surface area (Å²) in [4.78, 5) is 25.6. The van der Waals surface area contributed by atoms with Crippen molar-refractivity contribution in [1.82, 2.24) is 0 Å². The van der Waals surface area contributed by atoms with Gasteiger partial charge in [0, 0.05) is 6.54 Å². The minimum Gasteiger partial charge on any atom is -0.305 e. The fraction of sp³-hybridized carbons (Fsp3) is 0.467. The average Bonchev–Trinajstić information content (AvgIpc) is 2.54. The number of aryl methyl sites for hydroxylation is 2. The molecule has 0 unspecified atom stereocenters. The minimum absolute atomic E-state index is 0.348. The van der Waals surface area contributed by atoms with Gasteiger partial charge in [0.25, 0.3) is 11.7 Å². The molecule has 0 saturated heterocycles. The Kier molecular flexibility index (Phi) is 3.50. The quantitative estimate of drug-likeness (QED) is 0.604. The topological polar surface area (TPSA) is 37.4 Å². The Bertz CT molecular complexity index is 505. The summed E-state index contributed by atoms with van der Waals surface area (Å²) in [5.74, 6) is -0.714. The van der Waals surface area contributed by atoms with Gasteiger partial charge in [-0.25, -0.2) is 0 Å². The van der Waals surface area contributed by atoms with Gasteiger partial charge in [-0.3, -0.25) is 9.59 Å². The van der Waals surface area contributed by atoms with Crippen LogP contribution in [-0.2, 0) is 4.79 Å². The molecule has 0 aliphatic carbocycles. The highest BCUT2D eigenvalue weighted by Crippen LogP contribution is 2.32. The van der Waals surface area contributed by atoms with Crippen molar-refractivity contribution in [2.24, 2.45) is 0 Å². The molecular weight excluding hydrogens is 226 g/mol. The number of carbonyl (C=O) groups is 2. The van der Waals surface area contributed by atoms with Crippen LogP contribution in [0.5, 0.6) is 0 Å². The lowest BCUT2D eigenvalue weighted by molar-refractivity contribution is -0.114. The van der Waals surface area contributed by atoms with Gasteiger partial charge in [0.05, 0.1) is 11.3 Å². The first kappa shape index (κ1) is 12.8. The summed E-state index contributed by atoms with van der Waals surface area (Å²) in [5, 5.41) is 0. The highest BCUT2D eigenvalue weighted by molar-refractivity contribution is 6.52. The maximum atomic E-state index is 12.0. The maximum Gasteiger partial charge on any atom is 0.299 e. The molecule has 2 rings (SSSR count). The first-order chi connectivity index (χ1) is 8.56. The van der Waals surface area contributed by atoms with E-state index in [1.54, 1.807) is 4.90 Å². The predicted molar refractivity (Wildman–Crippen MR) is 72.1 cm³/mol. The second-order valence-electron chi connectivity index (χ2n) is 4.97. The molecule has 1 aliphatic heterocycles. The first-order valence-electron chi connectivity index (χ1n) is 6.53. The Hall–Kier alpha value is -1.64. The van der Waals surface area contributed by atoms with Gasteiger partial charge in [-0.1, -0.05) is 25.8 Å². The van der Waals surface area contributed by atoms with E-state index in [2.05, 4.69) is 6.92 Å². The molecule has 18 heavy (non-hydrogen) atoms. The molecule has 0 saturated carbocycles. The number of ketones is 1. The van der Waals surface area contributed by atoms with Crippen LogP contribution in [0.25, 0.3) is 0 Å². The number of carbonyl (C=O) groups excluding carboxylic acids is 2. The minimum atomic E-state index is -0.366. The zero-order chi connectivity index (χ0) is 13.3. The second kappa shape index (κ2) is 4.92. The molecule has 0 fully saturated rings. The summed E-state index contributed by atoms with van der Waals surface area (Å²) in [6, 6.07) is 3.90. The van der Waals surface area contributed by atoms with Crippen molar-refractivity contribution < 1.29 is 9.59 Å². The number of rotatable bonds is 4. The number of unbranched alkanes of at least 4 members (excludes halogenated alkanes) is 2. The van der Waals surface area contributed by atoms with E-state index in [1.165, 1.54) is 0 Å². The van der Waals surface area contributed by atoms with Gasteiger partial charge in [0.1, 0.15) is 0 Å². The van der Waals surface area contributed by atoms with E-state index < -0.39 is 0 Å². The van der Waals surface area contributed by atoms with Crippen LogP contribution in [0.2, 0.25) is 0 Å². The van der Waals surface area contributed by atoms with Crippen LogP contribution in [0, 0.1) is 13.8 Å². The third kappa shape index (κ3) is 2.05. The van der Waals surface area contributed by atoms with Gasteiger partial charge in [0.15, 0.2) is 0 Å². The number of hydrogen-bond acceptors (Lipinski definition) is 2. The highest BCUT2D eigenvalue weighted by Gasteiger charge is 2.36. The van der Waals surface area contributed by atoms with Gasteiger partial charge < -0.3 is 4.90 Å². The zero-order valence-electron chi connectivity index (χ0n) is 11.2. The van der Waals surface area contributed by atoms with E-state index in [-0.39, 0.29) is 11.7 Å². The van der Waals surface area contributed by atoms with Gasteiger partial charge in [-0.15, -0.1) is 0 Å². The van der Waals surface area contributed by atoms with Crippen LogP contribution in [-0.4, -0.2) is 18.2 Å². The molecule has 1 aromatic carbocycles. The molecule has 0 spiro atoms. The van der Waals surface area contributed by atoms with E-state index in [0.29, 0.717) is 12.1 Å². The summed E-state index contributed by atoms with van der Waals surface area (Å²) in [6.45, 7) is 6.66. The summed E-state index contributed by atoms with van der Waals surface area (Å²) >= 11 is 0. The van der Waals surface area contributed by atoms with E-state index in [9.17, 15) is 9.59 Å². The molecule has 0 radical (unpaired) electrons. The SMILES string of the molecule is CCCCCN1C(=O)C(=O)c2c(C)cc(C)cc21. The average molecular weight is 245 g/mol. The number of anilines is 1. The number of Topliss-reactive ketones (excluding diaryl/α,β-unsaturated/α-hetero) is 1. The first-order valence-corrected chi connectivity index (χ1v) is 6.53. The number of amides is 1. The van der Waals surface area contributed by atoms with Crippen LogP contribution in [0.1, 0.15) is 47.7 Å². The fourth-order valence-electron chi connectivity index (χ4n) is 2.53. The molecule has 0 aromatic heterocycles. The Labute approximate surface area is 108 Å². The molecule has 1 aromatic rings. The lowest BCUT2D eigenvalue weighted by Crippen LogP contribution is -2.30. The molecule has 0 atom stereocenters. The standard InChI is InChI=1S/C15H19NO2/c1-4-5-6-7-16-12-9-10(2)8-11(3)13(12)14(17)15(16)18/h8-9H,4-7H2,1-3H3. The third-order valence-corrected chi connectivity index (χ3v) is 3.40. The van der Waals surface area contributed by atoms with Crippen molar-refractivity contribution in [1.29, 1.82) is 0 Å².